The number of amides is 2. The second-order valence-corrected chi connectivity index (χ2v) is 6.55. The summed E-state index contributed by atoms with van der Waals surface area (Å²) in [5.41, 5.74) is 7.39. The lowest BCUT2D eigenvalue weighted by molar-refractivity contribution is -0.140. The third kappa shape index (κ3) is 3.28. The first-order valence-corrected chi connectivity index (χ1v) is 8.39. The summed E-state index contributed by atoms with van der Waals surface area (Å²) in [7, 11) is 0. The molecule has 2 amide bonds. The van der Waals surface area contributed by atoms with Gasteiger partial charge in [0.2, 0.25) is 5.91 Å². The lowest BCUT2D eigenvalue weighted by Gasteiger charge is -2.36. The Kier molecular flexibility index (Phi) is 4.59. The molecule has 25 heavy (non-hydrogen) atoms. The van der Waals surface area contributed by atoms with Gasteiger partial charge in [-0.25, -0.2) is 0 Å². The zero-order chi connectivity index (χ0) is 18.0. The zero-order valence-electron chi connectivity index (χ0n) is 14.2. The summed E-state index contributed by atoms with van der Waals surface area (Å²) in [6.07, 6.45) is 0.335. The lowest BCUT2D eigenvalue weighted by Crippen LogP contribution is -2.53. The van der Waals surface area contributed by atoms with Crippen LogP contribution in [0.15, 0.2) is 48.5 Å². The van der Waals surface area contributed by atoms with Crippen molar-refractivity contribution in [2.75, 3.05) is 13.1 Å². The topological polar surface area (TPSA) is 83.6 Å². The van der Waals surface area contributed by atoms with E-state index in [0.717, 1.165) is 16.7 Å². The lowest BCUT2D eigenvalue weighted by atomic mass is 9.89. The molecule has 1 saturated heterocycles. The van der Waals surface area contributed by atoms with Crippen molar-refractivity contribution < 1.29 is 14.7 Å². The largest absolute Gasteiger partial charge is 0.380 e. The third-order valence-electron chi connectivity index (χ3n) is 4.93. The number of rotatable bonds is 3. The van der Waals surface area contributed by atoms with Crippen molar-refractivity contribution in [1.82, 2.24) is 4.90 Å². The molecule has 0 aromatic heterocycles. The van der Waals surface area contributed by atoms with Crippen LogP contribution >= 0.6 is 0 Å². The second kappa shape index (κ2) is 6.69. The van der Waals surface area contributed by atoms with Crippen LogP contribution in [0.4, 0.5) is 0 Å². The summed E-state index contributed by atoms with van der Waals surface area (Å²) in [5, 5.41) is 10.2. The number of likely N-dealkylation sites (tertiary alicyclic amines) is 1. The van der Waals surface area contributed by atoms with Crippen LogP contribution in [-0.2, 0) is 4.79 Å². The summed E-state index contributed by atoms with van der Waals surface area (Å²) in [4.78, 5) is 26.1. The fourth-order valence-corrected chi connectivity index (χ4v) is 3.28. The van der Waals surface area contributed by atoms with Crippen molar-refractivity contribution >= 4 is 11.8 Å². The maximum Gasteiger partial charge on any atom is 0.254 e. The third-order valence-corrected chi connectivity index (χ3v) is 4.93. The van der Waals surface area contributed by atoms with E-state index in [1.807, 2.05) is 55.5 Å². The van der Waals surface area contributed by atoms with E-state index in [1.54, 1.807) is 4.90 Å². The molecule has 1 aliphatic heterocycles. The van der Waals surface area contributed by atoms with Gasteiger partial charge in [-0.05, 0) is 29.7 Å². The predicted molar refractivity (Wildman–Crippen MR) is 95.9 cm³/mol. The molecule has 0 saturated carbocycles. The quantitative estimate of drug-likeness (QED) is 0.899. The summed E-state index contributed by atoms with van der Waals surface area (Å²) in [5.74, 6) is -0.815. The van der Waals surface area contributed by atoms with Crippen LogP contribution in [0.25, 0.3) is 11.1 Å². The van der Waals surface area contributed by atoms with Gasteiger partial charge in [0.15, 0.2) is 0 Å². The van der Waals surface area contributed by atoms with Gasteiger partial charge in [0, 0.05) is 31.5 Å². The SMILES string of the molecule is Cc1ccccc1-c1ccccc1C(=O)N1CCC(O)(C(N)=O)CC1. The Morgan fingerprint density at radius 2 is 1.56 bits per heavy atom. The number of aryl methyl sites for hydroxylation is 1. The number of benzene rings is 2. The molecule has 1 aliphatic rings. The maximum absolute atomic E-state index is 13.0. The van der Waals surface area contributed by atoms with E-state index in [4.69, 9.17) is 5.73 Å². The number of hydrogen-bond donors (Lipinski definition) is 2. The zero-order valence-corrected chi connectivity index (χ0v) is 14.2. The van der Waals surface area contributed by atoms with E-state index in [-0.39, 0.29) is 18.7 Å². The summed E-state index contributed by atoms with van der Waals surface area (Å²) < 4.78 is 0. The van der Waals surface area contributed by atoms with Gasteiger partial charge < -0.3 is 15.7 Å². The molecule has 1 fully saturated rings. The summed E-state index contributed by atoms with van der Waals surface area (Å²) in [6, 6.07) is 15.5. The molecule has 130 valence electrons. The maximum atomic E-state index is 13.0. The molecule has 3 rings (SSSR count). The molecule has 0 bridgehead atoms. The number of carbonyl (C=O) groups excluding carboxylic acids is 2. The molecule has 0 unspecified atom stereocenters. The van der Waals surface area contributed by atoms with E-state index in [0.29, 0.717) is 18.7 Å². The molecule has 2 aromatic carbocycles. The average Bonchev–Trinajstić information content (AvgIpc) is 2.62. The smallest absolute Gasteiger partial charge is 0.254 e. The van der Waals surface area contributed by atoms with E-state index in [1.165, 1.54) is 0 Å². The molecular weight excluding hydrogens is 316 g/mol. The van der Waals surface area contributed by atoms with Gasteiger partial charge in [-0.2, -0.15) is 0 Å². The Bertz CT molecular complexity index is 808. The van der Waals surface area contributed by atoms with Crippen molar-refractivity contribution in [2.45, 2.75) is 25.4 Å². The first kappa shape index (κ1) is 17.2. The fraction of sp³-hybridized carbons (Fsp3) is 0.300. The number of nitrogens with two attached hydrogens (primary N) is 1. The Labute approximate surface area is 147 Å². The van der Waals surface area contributed by atoms with Gasteiger partial charge in [0.25, 0.3) is 5.91 Å². The number of piperidine rings is 1. The van der Waals surface area contributed by atoms with Gasteiger partial charge >= 0.3 is 0 Å². The highest BCUT2D eigenvalue weighted by atomic mass is 16.3. The van der Waals surface area contributed by atoms with E-state index >= 15 is 0 Å². The van der Waals surface area contributed by atoms with Crippen LogP contribution in [0.5, 0.6) is 0 Å². The molecule has 0 atom stereocenters. The monoisotopic (exact) mass is 338 g/mol. The summed E-state index contributed by atoms with van der Waals surface area (Å²) >= 11 is 0. The molecule has 0 radical (unpaired) electrons. The second-order valence-electron chi connectivity index (χ2n) is 6.55. The van der Waals surface area contributed by atoms with Crippen molar-refractivity contribution in [3.8, 4) is 11.1 Å². The average molecular weight is 338 g/mol. The highest BCUT2D eigenvalue weighted by Gasteiger charge is 2.39. The fourth-order valence-electron chi connectivity index (χ4n) is 3.28. The van der Waals surface area contributed by atoms with Crippen molar-refractivity contribution in [1.29, 1.82) is 0 Å². The van der Waals surface area contributed by atoms with Crippen molar-refractivity contribution in [3.05, 3.63) is 59.7 Å². The molecule has 1 heterocycles. The molecule has 3 N–H and O–H groups in total. The molecular formula is C20H22N2O3. The Balaban J connectivity index is 1.88. The standard InChI is InChI=1S/C20H22N2O3/c1-14-6-2-3-7-15(14)16-8-4-5-9-17(16)18(23)22-12-10-20(25,11-13-22)19(21)24/h2-9,25H,10-13H2,1H3,(H2,21,24). The van der Waals surface area contributed by atoms with Crippen LogP contribution in [0, 0.1) is 6.92 Å². The number of nitrogens with zero attached hydrogens (tertiary/aromatic N) is 1. The highest BCUT2D eigenvalue weighted by Crippen LogP contribution is 2.29. The van der Waals surface area contributed by atoms with E-state index in [9.17, 15) is 14.7 Å². The number of hydrogen-bond acceptors (Lipinski definition) is 3. The first-order chi connectivity index (χ1) is 11.9. The van der Waals surface area contributed by atoms with Gasteiger partial charge in [0.05, 0.1) is 0 Å². The van der Waals surface area contributed by atoms with Crippen molar-refractivity contribution in [2.24, 2.45) is 5.73 Å². The predicted octanol–water partition coefficient (Wildman–Crippen LogP) is 2.11. The first-order valence-electron chi connectivity index (χ1n) is 8.39. The Morgan fingerprint density at radius 3 is 2.16 bits per heavy atom. The van der Waals surface area contributed by atoms with Gasteiger partial charge in [0.1, 0.15) is 5.60 Å². The van der Waals surface area contributed by atoms with Gasteiger partial charge in [-0.3, -0.25) is 9.59 Å². The normalized spacial score (nSPS) is 16.5. The summed E-state index contributed by atoms with van der Waals surface area (Å²) in [6.45, 7) is 2.63. The van der Waals surface area contributed by atoms with Crippen LogP contribution in [0.3, 0.4) is 0 Å². The van der Waals surface area contributed by atoms with E-state index in [2.05, 4.69) is 0 Å². The van der Waals surface area contributed by atoms with Crippen LogP contribution in [0.2, 0.25) is 0 Å². The molecule has 2 aromatic rings. The molecule has 0 spiro atoms. The van der Waals surface area contributed by atoms with Gasteiger partial charge in [-0.1, -0.05) is 42.5 Å². The van der Waals surface area contributed by atoms with E-state index < -0.39 is 11.5 Å². The molecule has 0 aliphatic carbocycles. The number of aliphatic hydroxyl groups is 1. The Morgan fingerprint density at radius 1 is 1.00 bits per heavy atom. The number of primary amides is 1. The minimum atomic E-state index is -1.51. The molecule has 5 heteroatoms. The minimum absolute atomic E-state index is 0.0922. The van der Waals surface area contributed by atoms with Crippen LogP contribution in [0.1, 0.15) is 28.8 Å². The highest BCUT2D eigenvalue weighted by molar-refractivity contribution is 6.01. The van der Waals surface area contributed by atoms with Crippen LogP contribution < -0.4 is 5.73 Å². The molecule has 5 nitrogen and oxygen atoms in total. The van der Waals surface area contributed by atoms with Gasteiger partial charge in [-0.15, -0.1) is 0 Å². The van der Waals surface area contributed by atoms with Crippen LogP contribution in [-0.4, -0.2) is 40.5 Å². The Hall–Kier alpha value is -2.66. The minimum Gasteiger partial charge on any atom is -0.380 e. The van der Waals surface area contributed by atoms with Crippen molar-refractivity contribution in [3.63, 3.8) is 0 Å². The number of carbonyl (C=O) groups is 2.